The van der Waals surface area contributed by atoms with Gasteiger partial charge < -0.3 is 14.1 Å². The van der Waals surface area contributed by atoms with Crippen molar-refractivity contribution in [2.45, 2.75) is 16.8 Å². The Bertz CT molecular complexity index is 1020. The molecule has 0 radical (unpaired) electrons. The normalized spacial score (nSPS) is 15.1. The second kappa shape index (κ2) is 7.17. The van der Waals surface area contributed by atoms with Crippen molar-refractivity contribution in [2.75, 3.05) is 31.2 Å². The molecule has 27 heavy (non-hydrogen) atoms. The quantitative estimate of drug-likeness (QED) is 0.687. The monoisotopic (exact) mass is 384 g/mol. The summed E-state index contributed by atoms with van der Waals surface area (Å²) in [5, 5.41) is -0.0498. The molecule has 0 aliphatic carbocycles. The lowest BCUT2D eigenvalue weighted by Crippen LogP contribution is -2.36. The van der Waals surface area contributed by atoms with Crippen molar-refractivity contribution in [2.24, 2.45) is 0 Å². The van der Waals surface area contributed by atoms with E-state index in [1.54, 1.807) is 30.3 Å². The molecule has 0 N–H and O–H groups in total. The largest absolute Gasteiger partial charge is 0.419 e. The molecule has 0 amide bonds. The first-order chi connectivity index (χ1) is 13.1. The van der Waals surface area contributed by atoms with Gasteiger partial charge in [0.15, 0.2) is 0 Å². The Morgan fingerprint density at radius 1 is 0.963 bits per heavy atom. The number of hydrogen-bond donors (Lipinski definition) is 0. The fraction of sp³-hybridized carbons (Fsp3) is 0.250. The number of aryl methyl sites for hydroxylation is 1. The Morgan fingerprint density at radius 2 is 1.63 bits per heavy atom. The predicted octanol–water partition coefficient (Wildman–Crippen LogP) is 3.32. The van der Waals surface area contributed by atoms with E-state index in [-0.39, 0.29) is 15.8 Å². The minimum Gasteiger partial charge on any atom is -0.419 e. The van der Waals surface area contributed by atoms with E-state index in [4.69, 9.17) is 9.15 Å². The Hall–Kier alpha value is -2.64. The fourth-order valence-corrected chi connectivity index (χ4v) is 4.31. The van der Waals surface area contributed by atoms with E-state index in [0.29, 0.717) is 32.2 Å². The van der Waals surface area contributed by atoms with Crippen LogP contribution in [-0.4, -0.2) is 39.7 Å². The van der Waals surface area contributed by atoms with Gasteiger partial charge in [-0.05, 0) is 31.2 Å². The van der Waals surface area contributed by atoms with Gasteiger partial charge in [0.1, 0.15) is 0 Å². The van der Waals surface area contributed by atoms with Crippen LogP contribution in [0.1, 0.15) is 5.56 Å². The molecule has 0 spiro atoms. The first kappa shape index (κ1) is 17.8. The number of anilines is 1. The highest BCUT2D eigenvalue weighted by Crippen LogP contribution is 2.35. The topological polar surface area (TPSA) is 72.6 Å². The summed E-state index contributed by atoms with van der Waals surface area (Å²) in [6.07, 6.45) is 0. The van der Waals surface area contributed by atoms with Crippen LogP contribution in [0.15, 0.2) is 68.9 Å². The minimum atomic E-state index is -3.80. The zero-order valence-corrected chi connectivity index (χ0v) is 15.8. The highest BCUT2D eigenvalue weighted by atomic mass is 32.2. The van der Waals surface area contributed by atoms with Gasteiger partial charge in [0.2, 0.25) is 26.6 Å². The SMILES string of the molecule is Cc1ccc(-c2nc(S(=O)(=O)c3ccccc3)c(N3CCOCC3)o2)cc1. The van der Waals surface area contributed by atoms with E-state index in [1.165, 1.54) is 0 Å². The second-order valence-corrected chi connectivity index (χ2v) is 8.28. The zero-order valence-electron chi connectivity index (χ0n) is 15.0. The van der Waals surface area contributed by atoms with E-state index >= 15 is 0 Å². The second-order valence-electron chi connectivity index (χ2n) is 6.41. The molecule has 7 heteroatoms. The highest BCUT2D eigenvalue weighted by molar-refractivity contribution is 7.91. The highest BCUT2D eigenvalue weighted by Gasteiger charge is 2.32. The molecule has 2 heterocycles. The molecule has 0 unspecified atom stereocenters. The number of aromatic nitrogens is 1. The van der Waals surface area contributed by atoms with Crippen molar-refractivity contribution < 1.29 is 17.6 Å². The van der Waals surface area contributed by atoms with Crippen LogP contribution >= 0.6 is 0 Å². The molecular weight excluding hydrogens is 364 g/mol. The van der Waals surface area contributed by atoms with E-state index in [1.807, 2.05) is 36.1 Å². The third-order valence-corrected chi connectivity index (χ3v) is 6.15. The van der Waals surface area contributed by atoms with Crippen molar-refractivity contribution in [1.29, 1.82) is 0 Å². The van der Waals surface area contributed by atoms with Gasteiger partial charge in [0, 0.05) is 18.7 Å². The summed E-state index contributed by atoms with van der Waals surface area (Å²) in [4.78, 5) is 6.47. The number of morpholine rings is 1. The van der Waals surface area contributed by atoms with Gasteiger partial charge >= 0.3 is 0 Å². The van der Waals surface area contributed by atoms with Gasteiger partial charge in [-0.15, -0.1) is 0 Å². The number of oxazole rings is 1. The smallest absolute Gasteiger partial charge is 0.236 e. The van der Waals surface area contributed by atoms with Gasteiger partial charge in [-0.3, -0.25) is 0 Å². The molecule has 0 saturated carbocycles. The summed E-state index contributed by atoms with van der Waals surface area (Å²) >= 11 is 0. The first-order valence-electron chi connectivity index (χ1n) is 8.76. The van der Waals surface area contributed by atoms with Crippen LogP contribution in [-0.2, 0) is 14.6 Å². The van der Waals surface area contributed by atoms with Gasteiger partial charge in [-0.1, -0.05) is 35.9 Å². The maximum atomic E-state index is 13.2. The summed E-state index contributed by atoms with van der Waals surface area (Å²) < 4.78 is 37.8. The van der Waals surface area contributed by atoms with E-state index in [0.717, 1.165) is 11.1 Å². The van der Waals surface area contributed by atoms with Gasteiger partial charge in [-0.2, -0.15) is 4.98 Å². The molecule has 1 aromatic heterocycles. The Kier molecular flexibility index (Phi) is 4.72. The molecule has 3 aromatic rings. The maximum Gasteiger partial charge on any atom is 0.236 e. The summed E-state index contributed by atoms with van der Waals surface area (Å²) in [7, 11) is -3.80. The fourth-order valence-electron chi connectivity index (χ4n) is 2.97. The average molecular weight is 384 g/mol. The van der Waals surface area contributed by atoms with Crippen LogP contribution in [0, 0.1) is 6.92 Å². The minimum absolute atomic E-state index is 0.0498. The van der Waals surface area contributed by atoms with Crippen molar-refractivity contribution in [3.8, 4) is 11.5 Å². The molecule has 0 bridgehead atoms. The summed E-state index contributed by atoms with van der Waals surface area (Å²) in [6.45, 7) is 4.14. The van der Waals surface area contributed by atoms with Crippen LogP contribution in [0.5, 0.6) is 0 Å². The Morgan fingerprint density at radius 3 is 2.30 bits per heavy atom. The van der Waals surface area contributed by atoms with Crippen LogP contribution in [0.25, 0.3) is 11.5 Å². The van der Waals surface area contributed by atoms with Crippen molar-refractivity contribution >= 4 is 15.7 Å². The van der Waals surface area contributed by atoms with Gasteiger partial charge in [-0.25, -0.2) is 8.42 Å². The molecule has 1 saturated heterocycles. The van der Waals surface area contributed by atoms with E-state index < -0.39 is 9.84 Å². The van der Waals surface area contributed by atoms with Crippen LogP contribution in [0.3, 0.4) is 0 Å². The molecule has 6 nitrogen and oxygen atoms in total. The standard InChI is InChI=1S/C20H20N2O4S/c1-15-7-9-16(10-8-15)18-21-19(20(26-18)22-11-13-25-14-12-22)27(23,24)17-5-3-2-4-6-17/h2-10H,11-14H2,1H3. The number of ether oxygens (including phenoxy) is 1. The van der Waals surface area contributed by atoms with Crippen molar-refractivity contribution in [3.63, 3.8) is 0 Å². The Balaban J connectivity index is 1.84. The lowest BCUT2D eigenvalue weighted by molar-refractivity contribution is 0.120. The average Bonchev–Trinajstić information content (AvgIpc) is 3.16. The Labute approximate surface area is 158 Å². The zero-order chi connectivity index (χ0) is 18.9. The third kappa shape index (κ3) is 3.48. The number of rotatable bonds is 4. The van der Waals surface area contributed by atoms with Gasteiger partial charge in [0.05, 0.1) is 18.1 Å². The third-order valence-electron chi connectivity index (χ3n) is 4.48. The lowest BCUT2D eigenvalue weighted by atomic mass is 10.1. The summed E-state index contributed by atoms with van der Waals surface area (Å²) in [5.74, 6) is 0.573. The molecule has 1 aliphatic rings. The molecule has 0 atom stereocenters. The first-order valence-corrected chi connectivity index (χ1v) is 10.2. The molecule has 2 aromatic carbocycles. The molecule has 1 aliphatic heterocycles. The number of hydrogen-bond acceptors (Lipinski definition) is 6. The maximum absolute atomic E-state index is 13.2. The van der Waals surface area contributed by atoms with Gasteiger partial charge in [0.25, 0.3) is 0 Å². The molecule has 140 valence electrons. The molecule has 1 fully saturated rings. The lowest BCUT2D eigenvalue weighted by Gasteiger charge is -2.26. The summed E-state index contributed by atoms with van der Waals surface area (Å²) in [5.41, 5.74) is 1.85. The van der Waals surface area contributed by atoms with Crippen molar-refractivity contribution in [1.82, 2.24) is 4.98 Å². The van der Waals surface area contributed by atoms with Crippen LogP contribution in [0.2, 0.25) is 0 Å². The van der Waals surface area contributed by atoms with E-state index in [9.17, 15) is 8.42 Å². The van der Waals surface area contributed by atoms with E-state index in [2.05, 4.69) is 4.98 Å². The number of benzene rings is 2. The van der Waals surface area contributed by atoms with Crippen LogP contribution < -0.4 is 4.90 Å². The molecular formula is C20H20N2O4S. The van der Waals surface area contributed by atoms with Crippen LogP contribution in [0.4, 0.5) is 5.88 Å². The van der Waals surface area contributed by atoms with Crippen molar-refractivity contribution in [3.05, 3.63) is 60.2 Å². The predicted molar refractivity (Wildman–Crippen MR) is 102 cm³/mol. The number of nitrogens with zero attached hydrogens (tertiary/aromatic N) is 2. The summed E-state index contributed by atoms with van der Waals surface area (Å²) in [6, 6.07) is 16.0. The number of sulfone groups is 1. The molecule has 4 rings (SSSR count).